The highest BCUT2D eigenvalue weighted by Crippen LogP contribution is 2.46. The molecule has 0 radical (unpaired) electrons. The summed E-state index contributed by atoms with van der Waals surface area (Å²) < 4.78 is 0. The summed E-state index contributed by atoms with van der Waals surface area (Å²) in [5.74, 6) is 0. The van der Waals surface area contributed by atoms with Crippen molar-refractivity contribution in [2.45, 2.75) is 24.9 Å². The second-order valence-corrected chi connectivity index (χ2v) is 11.0. The van der Waals surface area contributed by atoms with Crippen molar-refractivity contribution in [3.05, 3.63) is 112 Å². The first-order chi connectivity index (χ1) is 13.2. The molecule has 0 aliphatic heterocycles. The van der Waals surface area contributed by atoms with Gasteiger partial charge in [-0.2, -0.15) is 0 Å². The van der Waals surface area contributed by atoms with Gasteiger partial charge >= 0.3 is 0 Å². The third-order valence-electron chi connectivity index (χ3n) is 6.31. The number of hydrogen-bond donors (Lipinski definition) is 0. The largest absolute Gasteiger partial charge is 0.0944 e. The zero-order chi connectivity index (χ0) is 18.4. The van der Waals surface area contributed by atoms with Crippen LogP contribution in [0.5, 0.6) is 0 Å². The van der Waals surface area contributed by atoms with Crippen molar-refractivity contribution in [3.63, 3.8) is 0 Å². The second-order valence-electron chi connectivity index (χ2n) is 7.93. The lowest BCUT2D eigenvalue weighted by Gasteiger charge is -2.32. The summed E-state index contributed by atoms with van der Waals surface area (Å²) in [5, 5.41) is 1.57. The van der Waals surface area contributed by atoms with Gasteiger partial charge in [0.25, 0.3) is 0 Å². The van der Waals surface area contributed by atoms with E-state index in [0.717, 1.165) is 0 Å². The summed E-state index contributed by atoms with van der Waals surface area (Å²) in [4.78, 5) is 0. The van der Waals surface area contributed by atoms with Crippen LogP contribution in [0.3, 0.4) is 0 Å². The number of allylic oxidation sites excluding steroid dienone is 2. The van der Waals surface area contributed by atoms with Gasteiger partial charge < -0.3 is 0 Å². The molecule has 0 nitrogen and oxygen atoms in total. The Morgan fingerprint density at radius 3 is 1.52 bits per heavy atom. The van der Waals surface area contributed by atoms with E-state index < -0.39 is 8.80 Å². The molecule has 1 heteroatoms. The predicted molar refractivity (Wildman–Crippen MR) is 119 cm³/mol. The third kappa shape index (κ3) is 2.65. The van der Waals surface area contributed by atoms with Crippen LogP contribution >= 0.6 is 0 Å². The summed E-state index contributed by atoms with van der Waals surface area (Å²) in [7, 11) is -1.42. The molecule has 0 bridgehead atoms. The second kappa shape index (κ2) is 6.51. The molecule has 0 saturated carbocycles. The molecule has 0 N–H and O–H groups in total. The standard InChI is InChI=1S/C26H24Si/c1-18-16-20-10-6-8-14-23(20)25(18)27(22-12-4-3-5-13-22)26-19(2)17-21-11-7-9-15-24(21)26/h3-17,25-27H,1-2H3. The van der Waals surface area contributed by atoms with Crippen molar-refractivity contribution in [2.75, 3.05) is 0 Å². The first kappa shape index (κ1) is 16.5. The predicted octanol–water partition coefficient (Wildman–Crippen LogP) is 5.60. The van der Waals surface area contributed by atoms with Crippen molar-refractivity contribution >= 4 is 26.1 Å². The molecule has 5 rings (SSSR count). The Balaban J connectivity index is 1.71. The van der Waals surface area contributed by atoms with Crippen LogP contribution in [0.4, 0.5) is 0 Å². The zero-order valence-electron chi connectivity index (χ0n) is 15.9. The van der Waals surface area contributed by atoms with Gasteiger partial charge in [0, 0.05) is 11.1 Å². The fraction of sp³-hybridized carbons (Fsp3) is 0.154. The van der Waals surface area contributed by atoms with Crippen LogP contribution in [-0.4, -0.2) is 8.80 Å². The molecule has 0 spiro atoms. The Morgan fingerprint density at radius 1 is 0.556 bits per heavy atom. The summed E-state index contributed by atoms with van der Waals surface area (Å²) in [6, 6.07) is 29.3. The third-order valence-corrected chi connectivity index (χ3v) is 10.7. The molecular formula is C26H24Si. The summed E-state index contributed by atoms with van der Waals surface area (Å²) >= 11 is 0. The maximum atomic E-state index is 2.42. The van der Waals surface area contributed by atoms with Crippen LogP contribution in [0, 0.1) is 0 Å². The van der Waals surface area contributed by atoms with Gasteiger partial charge in [0.05, 0.1) is 8.80 Å². The molecule has 132 valence electrons. The highest BCUT2D eigenvalue weighted by molar-refractivity contribution is 6.77. The SMILES string of the molecule is CC1=Cc2ccccc2C1[SiH](c1ccccc1)C1C(C)=Cc2ccccc21. The fourth-order valence-electron chi connectivity index (χ4n) is 5.22. The van der Waals surface area contributed by atoms with Crippen LogP contribution in [0.25, 0.3) is 12.2 Å². The molecule has 0 heterocycles. The highest BCUT2D eigenvalue weighted by atomic mass is 28.3. The van der Waals surface area contributed by atoms with E-state index in [1.165, 1.54) is 33.4 Å². The zero-order valence-corrected chi connectivity index (χ0v) is 17.0. The van der Waals surface area contributed by atoms with E-state index in [9.17, 15) is 0 Å². The average molecular weight is 365 g/mol. The van der Waals surface area contributed by atoms with Crippen LogP contribution in [-0.2, 0) is 0 Å². The van der Waals surface area contributed by atoms with Gasteiger partial charge in [-0.3, -0.25) is 0 Å². The van der Waals surface area contributed by atoms with Crippen molar-refractivity contribution in [2.24, 2.45) is 0 Å². The van der Waals surface area contributed by atoms with E-state index in [0.29, 0.717) is 11.1 Å². The molecule has 0 amide bonds. The van der Waals surface area contributed by atoms with Gasteiger partial charge in [-0.1, -0.05) is 107 Å². The Bertz CT molecular complexity index is 991. The molecule has 27 heavy (non-hydrogen) atoms. The maximum absolute atomic E-state index is 2.42. The summed E-state index contributed by atoms with van der Waals surface area (Å²) in [6.45, 7) is 4.68. The number of fused-ring (bicyclic) bond motifs is 2. The molecule has 0 aromatic heterocycles. The van der Waals surface area contributed by atoms with Crippen molar-refractivity contribution in [1.82, 2.24) is 0 Å². The van der Waals surface area contributed by atoms with Crippen molar-refractivity contribution in [3.8, 4) is 0 Å². The van der Waals surface area contributed by atoms with Crippen LogP contribution in [0.1, 0.15) is 47.2 Å². The van der Waals surface area contributed by atoms with Gasteiger partial charge in [-0.15, -0.1) is 0 Å². The van der Waals surface area contributed by atoms with Crippen LogP contribution < -0.4 is 5.19 Å². The smallest absolute Gasteiger partial charge is 0.0678 e. The molecule has 0 saturated heterocycles. The average Bonchev–Trinajstić information content (AvgIpc) is 3.20. The first-order valence-electron chi connectivity index (χ1n) is 9.83. The maximum Gasteiger partial charge on any atom is 0.0944 e. The van der Waals surface area contributed by atoms with Crippen LogP contribution in [0.15, 0.2) is 90.0 Å². The normalized spacial score (nSPS) is 21.3. The van der Waals surface area contributed by atoms with Crippen LogP contribution in [0.2, 0.25) is 0 Å². The minimum absolute atomic E-state index is 0.558. The van der Waals surface area contributed by atoms with E-state index in [-0.39, 0.29) is 0 Å². The van der Waals surface area contributed by atoms with Crippen molar-refractivity contribution in [1.29, 1.82) is 0 Å². The number of benzene rings is 3. The Labute approximate surface area is 163 Å². The lowest BCUT2D eigenvalue weighted by Crippen LogP contribution is -2.43. The highest BCUT2D eigenvalue weighted by Gasteiger charge is 2.40. The summed E-state index contributed by atoms with van der Waals surface area (Å²) in [5.41, 5.74) is 10.1. The molecule has 3 aromatic carbocycles. The Hall–Kier alpha value is -2.64. The molecule has 2 aliphatic carbocycles. The monoisotopic (exact) mass is 364 g/mol. The number of hydrogen-bond acceptors (Lipinski definition) is 0. The van der Waals surface area contributed by atoms with Gasteiger partial charge in [0.1, 0.15) is 0 Å². The molecule has 2 unspecified atom stereocenters. The van der Waals surface area contributed by atoms with E-state index in [4.69, 9.17) is 0 Å². The lowest BCUT2D eigenvalue weighted by molar-refractivity contribution is 1.02. The van der Waals surface area contributed by atoms with Gasteiger partial charge in [-0.25, -0.2) is 0 Å². The van der Waals surface area contributed by atoms with E-state index in [2.05, 4.69) is 105 Å². The number of rotatable bonds is 3. The minimum Gasteiger partial charge on any atom is -0.0678 e. The minimum atomic E-state index is -1.42. The molecule has 3 aromatic rings. The topological polar surface area (TPSA) is 0 Å². The van der Waals surface area contributed by atoms with Crippen molar-refractivity contribution < 1.29 is 0 Å². The fourth-order valence-corrected chi connectivity index (χ4v) is 9.75. The first-order valence-corrected chi connectivity index (χ1v) is 11.7. The van der Waals surface area contributed by atoms with Gasteiger partial charge in [0.2, 0.25) is 0 Å². The van der Waals surface area contributed by atoms with E-state index in [1.54, 1.807) is 5.19 Å². The molecule has 0 fully saturated rings. The van der Waals surface area contributed by atoms with E-state index in [1.807, 2.05) is 0 Å². The Morgan fingerprint density at radius 2 is 1.00 bits per heavy atom. The van der Waals surface area contributed by atoms with E-state index >= 15 is 0 Å². The van der Waals surface area contributed by atoms with Gasteiger partial charge in [-0.05, 0) is 36.1 Å². The molecule has 2 aliphatic rings. The quantitative estimate of drug-likeness (QED) is 0.531. The molecular weight excluding hydrogens is 340 g/mol. The Kier molecular flexibility index (Phi) is 3.98. The van der Waals surface area contributed by atoms with Gasteiger partial charge in [0.15, 0.2) is 0 Å². The lowest BCUT2D eigenvalue weighted by atomic mass is 10.1. The summed E-state index contributed by atoms with van der Waals surface area (Å²) in [6.07, 6.45) is 4.84. The molecule has 2 atom stereocenters.